The lowest BCUT2D eigenvalue weighted by Crippen LogP contribution is -2.25. The van der Waals surface area contributed by atoms with Gasteiger partial charge < -0.3 is 5.32 Å². The zero-order valence-electron chi connectivity index (χ0n) is 17.1. The second kappa shape index (κ2) is 10.1. The van der Waals surface area contributed by atoms with Gasteiger partial charge in [0.25, 0.3) is 5.56 Å². The van der Waals surface area contributed by atoms with Gasteiger partial charge in [-0.05, 0) is 47.9 Å². The van der Waals surface area contributed by atoms with Gasteiger partial charge in [0, 0.05) is 12.2 Å². The van der Waals surface area contributed by atoms with Crippen LogP contribution in [-0.2, 0) is 17.8 Å². The molecule has 0 saturated carbocycles. The van der Waals surface area contributed by atoms with Gasteiger partial charge in [0.2, 0.25) is 5.91 Å². The largest absolute Gasteiger partial charge is 0.325 e. The average molecular weight is 430 g/mol. The Labute approximate surface area is 179 Å². The average Bonchev–Trinajstić information content (AvgIpc) is 3.17. The minimum atomic E-state index is -0.105. The van der Waals surface area contributed by atoms with E-state index in [1.807, 2.05) is 23.6 Å². The van der Waals surface area contributed by atoms with Crippen LogP contribution in [0.15, 0.2) is 45.7 Å². The summed E-state index contributed by atoms with van der Waals surface area (Å²) < 4.78 is 2.37. The second-order valence-electron chi connectivity index (χ2n) is 7.48. The van der Waals surface area contributed by atoms with E-state index in [0.717, 1.165) is 12.1 Å². The van der Waals surface area contributed by atoms with Crippen LogP contribution in [0.25, 0.3) is 10.2 Å². The van der Waals surface area contributed by atoms with Crippen molar-refractivity contribution < 1.29 is 4.79 Å². The lowest BCUT2D eigenvalue weighted by Gasteiger charge is -2.14. The molecular weight excluding hydrogens is 402 g/mol. The molecular formula is C22H27N3O2S2. The number of anilines is 1. The van der Waals surface area contributed by atoms with Gasteiger partial charge in [0.15, 0.2) is 5.16 Å². The standard InChI is InChI=1S/C22H27N3O2S2/c1-4-5-6-16-7-9-17(10-8-16)23-19(26)14-29-22-24-18-11-12-28-20(18)21(27)25(22)13-15(2)3/h7-12,15H,4-6,13-14H2,1-3H3,(H,23,26). The third kappa shape index (κ3) is 5.70. The van der Waals surface area contributed by atoms with E-state index >= 15 is 0 Å². The van der Waals surface area contributed by atoms with E-state index in [4.69, 9.17) is 0 Å². The highest BCUT2D eigenvalue weighted by Crippen LogP contribution is 2.22. The number of aromatic nitrogens is 2. The van der Waals surface area contributed by atoms with Crippen molar-refractivity contribution in [3.8, 4) is 0 Å². The fourth-order valence-corrected chi connectivity index (χ4v) is 4.61. The fourth-order valence-electron chi connectivity index (χ4n) is 3.02. The number of hydrogen-bond acceptors (Lipinski definition) is 5. The topological polar surface area (TPSA) is 64.0 Å². The number of unbranched alkanes of at least 4 members (excludes halogenated alkanes) is 1. The number of carbonyl (C=O) groups excluding carboxylic acids is 1. The second-order valence-corrected chi connectivity index (χ2v) is 9.33. The lowest BCUT2D eigenvalue weighted by molar-refractivity contribution is -0.113. The molecule has 0 saturated heterocycles. The van der Waals surface area contributed by atoms with Gasteiger partial charge >= 0.3 is 0 Å². The number of nitrogens with one attached hydrogen (secondary N) is 1. The first kappa shape index (κ1) is 21.6. The molecule has 0 atom stereocenters. The number of aryl methyl sites for hydroxylation is 1. The third-order valence-electron chi connectivity index (χ3n) is 4.47. The lowest BCUT2D eigenvalue weighted by atomic mass is 10.1. The first-order chi connectivity index (χ1) is 14.0. The van der Waals surface area contributed by atoms with E-state index in [0.29, 0.717) is 27.8 Å². The Kier molecular flexibility index (Phi) is 7.50. The zero-order valence-corrected chi connectivity index (χ0v) is 18.7. The monoisotopic (exact) mass is 429 g/mol. The van der Waals surface area contributed by atoms with E-state index < -0.39 is 0 Å². The summed E-state index contributed by atoms with van der Waals surface area (Å²) in [6.45, 7) is 6.90. The molecule has 3 aromatic rings. The third-order valence-corrected chi connectivity index (χ3v) is 6.34. The number of nitrogens with zero attached hydrogens (tertiary/aromatic N) is 2. The number of carbonyl (C=O) groups is 1. The Morgan fingerprint density at radius 3 is 2.69 bits per heavy atom. The molecule has 2 heterocycles. The number of rotatable bonds is 9. The molecule has 3 rings (SSSR count). The Morgan fingerprint density at radius 1 is 1.24 bits per heavy atom. The Bertz CT molecular complexity index is 1020. The van der Waals surface area contributed by atoms with E-state index in [2.05, 4.69) is 43.2 Å². The van der Waals surface area contributed by atoms with Crippen molar-refractivity contribution in [3.05, 3.63) is 51.6 Å². The van der Waals surface area contributed by atoms with Crippen LogP contribution in [0.1, 0.15) is 39.2 Å². The normalized spacial score (nSPS) is 11.3. The number of thioether (sulfide) groups is 1. The molecule has 1 aromatic carbocycles. The summed E-state index contributed by atoms with van der Waals surface area (Å²) >= 11 is 2.72. The maximum atomic E-state index is 12.8. The van der Waals surface area contributed by atoms with E-state index in [-0.39, 0.29) is 17.2 Å². The molecule has 2 aromatic heterocycles. The summed E-state index contributed by atoms with van der Waals surface area (Å²) in [4.78, 5) is 29.9. The number of thiophene rings is 1. The van der Waals surface area contributed by atoms with Crippen molar-refractivity contribution >= 4 is 44.9 Å². The van der Waals surface area contributed by atoms with Crippen LogP contribution in [0.5, 0.6) is 0 Å². The Balaban J connectivity index is 1.68. The molecule has 29 heavy (non-hydrogen) atoms. The van der Waals surface area contributed by atoms with Gasteiger partial charge in [-0.3, -0.25) is 14.2 Å². The highest BCUT2D eigenvalue weighted by Gasteiger charge is 2.15. The van der Waals surface area contributed by atoms with Crippen LogP contribution in [0.4, 0.5) is 5.69 Å². The molecule has 1 N–H and O–H groups in total. The SMILES string of the molecule is CCCCc1ccc(NC(=O)CSc2nc3ccsc3c(=O)n2CC(C)C)cc1. The molecule has 1 amide bonds. The number of fused-ring (bicyclic) bond motifs is 1. The maximum Gasteiger partial charge on any atom is 0.272 e. The number of hydrogen-bond donors (Lipinski definition) is 1. The minimum absolute atomic E-state index is 0.0238. The van der Waals surface area contributed by atoms with Gasteiger partial charge in [0.05, 0.1) is 11.3 Å². The van der Waals surface area contributed by atoms with Crippen molar-refractivity contribution in [1.29, 1.82) is 0 Å². The molecule has 0 aliphatic rings. The predicted molar refractivity (Wildman–Crippen MR) is 123 cm³/mol. The highest BCUT2D eigenvalue weighted by atomic mass is 32.2. The van der Waals surface area contributed by atoms with Gasteiger partial charge in [0.1, 0.15) is 4.70 Å². The maximum absolute atomic E-state index is 12.8. The van der Waals surface area contributed by atoms with Crippen LogP contribution in [0.3, 0.4) is 0 Å². The first-order valence-corrected chi connectivity index (χ1v) is 11.8. The molecule has 5 nitrogen and oxygen atoms in total. The molecule has 0 spiro atoms. The van der Waals surface area contributed by atoms with E-state index in [1.54, 1.807) is 4.57 Å². The first-order valence-electron chi connectivity index (χ1n) is 9.97. The summed E-state index contributed by atoms with van der Waals surface area (Å²) in [5.74, 6) is 0.413. The van der Waals surface area contributed by atoms with Crippen molar-refractivity contribution in [2.75, 3.05) is 11.1 Å². The van der Waals surface area contributed by atoms with Crippen LogP contribution in [0.2, 0.25) is 0 Å². The molecule has 154 valence electrons. The molecule has 7 heteroatoms. The van der Waals surface area contributed by atoms with Gasteiger partial charge in [-0.2, -0.15) is 0 Å². The fraction of sp³-hybridized carbons (Fsp3) is 0.409. The van der Waals surface area contributed by atoms with Crippen molar-refractivity contribution in [3.63, 3.8) is 0 Å². The minimum Gasteiger partial charge on any atom is -0.325 e. The molecule has 0 bridgehead atoms. The molecule has 0 unspecified atom stereocenters. The summed E-state index contributed by atoms with van der Waals surface area (Å²) in [5, 5.41) is 5.41. The van der Waals surface area contributed by atoms with Gasteiger partial charge in [-0.25, -0.2) is 4.98 Å². The van der Waals surface area contributed by atoms with Crippen LogP contribution < -0.4 is 10.9 Å². The summed E-state index contributed by atoms with van der Waals surface area (Å²) in [6, 6.07) is 9.86. The number of amides is 1. The quantitative estimate of drug-likeness (QED) is 0.376. The van der Waals surface area contributed by atoms with E-state index in [9.17, 15) is 9.59 Å². The summed E-state index contributed by atoms with van der Waals surface area (Å²) in [7, 11) is 0. The van der Waals surface area contributed by atoms with Crippen molar-refractivity contribution in [2.24, 2.45) is 5.92 Å². The molecule has 0 fully saturated rings. The number of benzene rings is 1. The Hall–Kier alpha value is -2.12. The Morgan fingerprint density at radius 2 is 2.00 bits per heavy atom. The summed E-state index contributed by atoms with van der Waals surface area (Å²) in [5.41, 5.74) is 2.75. The molecule has 0 aliphatic carbocycles. The molecule has 0 radical (unpaired) electrons. The van der Waals surface area contributed by atoms with Crippen LogP contribution in [0, 0.1) is 5.92 Å². The van der Waals surface area contributed by atoms with Crippen LogP contribution in [-0.4, -0.2) is 21.2 Å². The van der Waals surface area contributed by atoms with Crippen molar-refractivity contribution in [1.82, 2.24) is 9.55 Å². The predicted octanol–water partition coefficient (Wildman–Crippen LogP) is 5.19. The van der Waals surface area contributed by atoms with E-state index in [1.165, 1.54) is 41.5 Å². The molecule has 0 aliphatic heterocycles. The smallest absolute Gasteiger partial charge is 0.272 e. The summed E-state index contributed by atoms with van der Waals surface area (Å²) in [6.07, 6.45) is 3.40. The van der Waals surface area contributed by atoms with Gasteiger partial charge in [-0.1, -0.05) is 51.1 Å². The highest BCUT2D eigenvalue weighted by molar-refractivity contribution is 7.99. The van der Waals surface area contributed by atoms with Crippen LogP contribution >= 0.6 is 23.1 Å². The zero-order chi connectivity index (χ0) is 20.8. The van der Waals surface area contributed by atoms with Crippen molar-refractivity contribution in [2.45, 2.75) is 51.7 Å². The van der Waals surface area contributed by atoms with Gasteiger partial charge in [-0.15, -0.1) is 11.3 Å².